The zero-order valence-corrected chi connectivity index (χ0v) is 15.1. The highest BCUT2D eigenvalue weighted by molar-refractivity contribution is 6.32. The van der Waals surface area contributed by atoms with E-state index in [9.17, 15) is 4.79 Å². The van der Waals surface area contributed by atoms with Gasteiger partial charge in [-0.05, 0) is 19.9 Å². The number of hydrogen-bond donors (Lipinski definition) is 1. The zero-order valence-electron chi connectivity index (χ0n) is 14.4. The summed E-state index contributed by atoms with van der Waals surface area (Å²) < 4.78 is 5.70. The Balaban J connectivity index is 1.57. The molecular weight excluding hydrogens is 330 g/mol. The molecule has 2 saturated heterocycles. The largest absolute Gasteiger partial charge is 0.366 e. The van der Waals surface area contributed by atoms with Crippen LogP contribution in [0.25, 0.3) is 0 Å². The number of nitrogens with one attached hydrogen (secondary N) is 1. The quantitative estimate of drug-likeness (QED) is 0.864. The standard InChI is InChI=1S/C16H26ClN5O2/c1-20-5-3-4-12(16(20)24-2)11-21-6-8-22(9-7-21)13-10-18-19-15(23)14(13)17/h10,12,16H,3-9,11H2,1-2H3,(H,19,23). The molecule has 134 valence electrons. The van der Waals surface area contributed by atoms with E-state index in [-0.39, 0.29) is 16.8 Å². The number of hydrogen-bond acceptors (Lipinski definition) is 6. The van der Waals surface area contributed by atoms with Crippen molar-refractivity contribution < 1.29 is 4.74 Å². The Morgan fingerprint density at radius 1 is 1.33 bits per heavy atom. The van der Waals surface area contributed by atoms with Gasteiger partial charge in [0, 0.05) is 52.3 Å². The minimum atomic E-state index is -0.329. The molecule has 0 saturated carbocycles. The predicted octanol–water partition coefficient (Wildman–Crippen LogP) is 0.860. The molecule has 2 fully saturated rings. The van der Waals surface area contributed by atoms with Gasteiger partial charge in [0.1, 0.15) is 11.3 Å². The third kappa shape index (κ3) is 3.74. The van der Waals surface area contributed by atoms with Crippen LogP contribution in [0.15, 0.2) is 11.0 Å². The lowest BCUT2D eigenvalue weighted by atomic mass is 9.95. The Kier molecular flexibility index (Phi) is 5.76. The number of nitrogens with zero attached hydrogens (tertiary/aromatic N) is 4. The lowest BCUT2D eigenvalue weighted by Crippen LogP contribution is -2.52. The van der Waals surface area contributed by atoms with Gasteiger partial charge in [0.05, 0.1) is 11.9 Å². The molecule has 3 rings (SSSR count). The van der Waals surface area contributed by atoms with E-state index in [4.69, 9.17) is 16.3 Å². The van der Waals surface area contributed by atoms with Crippen molar-refractivity contribution in [1.29, 1.82) is 0 Å². The summed E-state index contributed by atoms with van der Waals surface area (Å²) in [5, 5.41) is 6.46. The Hall–Kier alpha value is -1.15. The van der Waals surface area contributed by atoms with Crippen LogP contribution in [-0.4, -0.2) is 79.7 Å². The number of ether oxygens (including phenoxy) is 1. The first kappa shape index (κ1) is 17.7. The Bertz CT molecular complexity index is 602. The molecule has 0 bridgehead atoms. The van der Waals surface area contributed by atoms with Crippen molar-refractivity contribution in [2.45, 2.75) is 19.1 Å². The molecular formula is C16H26ClN5O2. The van der Waals surface area contributed by atoms with E-state index < -0.39 is 0 Å². The Morgan fingerprint density at radius 3 is 2.79 bits per heavy atom. The van der Waals surface area contributed by atoms with Gasteiger partial charge in [0.2, 0.25) is 0 Å². The van der Waals surface area contributed by atoms with Crippen LogP contribution in [0.1, 0.15) is 12.8 Å². The van der Waals surface area contributed by atoms with Gasteiger partial charge in [-0.1, -0.05) is 11.6 Å². The van der Waals surface area contributed by atoms with Crippen molar-refractivity contribution in [3.63, 3.8) is 0 Å². The smallest absolute Gasteiger partial charge is 0.285 e. The first-order chi connectivity index (χ1) is 11.6. The molecule has 0 amide bonds. The second-order valence-electron chi connectivity index (χ2n) is 6.70. The van der Waals surface area contributed by atoms with E-state index >= 15 is 0 Å². The SMILES string of the molecule is COC1C(CN2CCN(c3cn[nH]c(=O)c3Cl)CC2)CCCN1C. The van der Waals surface area contributed by atoms with Crippen LogP contribution in [-0.2, 0) is 4.74 Å². The molecule has 8 heteroatoms. The normalized spacial score (nSPS) is 26.7. The highest BCUT2D eigenvalue weighted by Gasteiger charge is 2.31. The zero-order chi connectivity index (χ0) is 17.1. The summed E-state index contributed by atoms with van der Waals surface area (Å²) in [5.41, 5.74) is 0.400. The van der Waals surface area contributed by atoms with E-state index in [1.54, 1.807) is 13.3 Å². The van der Waals surface area contributed by atoms with E-state index in [0.29, 0.717) is 5.92 Å². The van der Waals surface area contributed by atoms with E-state index in [1.807, 2.05) is 0 Å². The van der Waals surface area contributed by atoms with Gasteiger partial charge >= 0.3 is 0 Å². The minimum Gasteiger partial charge on any atom is -0.366 e. The number of H-pyrrole nitrogens is 1. The fourth-order valence-corrected chi connectivity index (χ4v) is 4.09. The van der Waals surface area contributed by atoms with Crippen molar-refractivity contribution in [2.24, 2.45) is 5.92 Å². The van der Waals surface area contributed by atoms with Gasteiger partial charge < -0.3 is 9.64 Å². The molecule has 2 aliphatic rings. The number of aromatic amines is 1. The topological polar surface area (TPSA) is 64.7 Å². The van der Waals surface area contributed by atoms with E-state index in [2.05, 4.69) is 31.9 Å². The maximum atomic E-state index is 11.6. The first-order valence-electron chi connectivity index (χ1n) is 8.53. The summed E-state index contributed by atoms with van der Waals surface area (Å²) >= 11 is 6.11. The molecule has 3 heterocycles. The maximum absolute atomic E-state index is 11.6. The van der Waals surface area contributed by atoms with Gasteiger partial charge in [-0.2, -0.15) is 5.10 Å². The number of aromatic nitrogens is 2. The number of rotatable bonds is 4. The average Bonchev–Trinajstić information content (AvgIpc) is 2.58. The molecule has 1 aromatic heterocycles. The van der Waals surface area contributed by atoms with Gasteiger partial charge in [-0.15, -0.1) is 0 Å². The van der Waals surface area contributed by atoms with Crippen LogP contribution in [0.2, 0.25) is 5.02 Å². The molecule has 2 atom stereocenters. The molecule has 0 aromatic carbocycles. The monoisotopic (exact) mass is 355 g/mol. The average molecular weight is 356 g/mol. The summed E-state index contributed by atoms with van der Waals surface area (Å²) in [6, 6.07) is 0. The number of piperazine rings is 1. The maximum Gasteiger partial charge on any atom is 0.285 e. The van der Waals surface area contributed by atoms with E-state index in [0.717, 1.165) is 45.0 Å². The summed E-state index contributed by atoms with van der Waals surface area (Å²) in [7, 11) is 3.94. The second-order valence-corrected chi connectivity index (χ2v) is 7.07. The van der Waals surface area contributed by atoms with Crippen LogP contribution >= 0.6 is 11.6 Å². The number of likely N-dealkylation sites (tertiary alicyclic amines) is 1. The van der Waals surface area contributed by atoms with Gasteiger partial charge in [-0.25, -0.2) is 5.10 Å². The molecule has 1 N–H and O–H groups in total. The molecule has 0 aliphatic carbocycles. The number of anilines is 1. The number of methoxy groups -OCH3 is 1. The van der Waals surface area contributed by atoms with Gasteiger partial charge in [0.15, 0.2) is 0 Å². The number of halogens is 1. The lowest BCUT2D eigenvalue weighted by molar-refractivity contribution is -0.0877. The van der Waals surface area contributed by atoms with Gasteiger partial charge in [-0.3, -0.25) is 14.6 Å². The summed E-state index contributed by atoms with van der Waals surface area (Å²) in [4.78, 5) is 18.5. The van der Waals surface area contributed by atoms with Crippen molar-refractivity contribution >= 4 is 17.3 Å². The fourth-order valence-electron chi connectivity index (χ4n) is 3.88. The molecule has 2 aliphatic heterocycles. The molecule has 0 spiro atoms. The Morgan fingerprint density at radius 2 is 2.08 bits per heavy atom. The Labute approximate surface area is 147 Å². The van der Waals surface area contributed by atoms with Crippen LogP contribution < -0.4 is 10.5 Å². The molecule has 7 nitrogen and oxygen atoms in total. The summed E-state index contributed by atoms with van der Waals surface area (Å²) in [6.07, 6.45) is 4.29. The molecule has 2 unspecified atom stereocenters. The summed E-state index contributed by atoms with van der Waals surface area (Å²) in [6.45, 7) is 5.78. The van der Waals surface area contributed by atoms with Crippen molar-refractivity contribution in [3.05, 3.63) is 21.6 Å². The van der Waals surface area contributed by atoms with Crippen molar-refractivity contribution in [2.75, 3.05) is 58.3 Å². The summed E-state index contributed by atoms with van der Waals surface area (Å²) in [5.74, 6) is 0.546. The minimum absolute atomic E-state index is 0.211. The van der Waals surface area contributed by atoms with Crippen molar-refractivity contribution in [1.82, 2.24) is 20.0 Å². The number of piperidine rings is 1. The third-order valence-electron chi connectivity index (χ3n) is 5.15. The van der Waals surface area contributed by atoms with Gasteiger partial charge in [0.25, 0.3) is 5.56 Å². The second kappa shape index (κ2) is 7.82. The highest BCUT2D eigenvalue weighted by atomic mass is 35.5. The van der Waals surface area contributed by atoms with Crippen LogP contribution in [0.5, 0.6) is 0 Å². The van der Waals surface area contributed by atoms with Crippen LogP contribution in [0.3, 0.4) is 0 Å². The third-order valence-corrected chi connectivity index (χ3v) is 5.51. The van der Waals surface area contributed by atoms with E-state index in [1.165, 1.54) is 12.8 Å². The fraction of sp³-hybridized carbons (Fsp3) is 0.750. The predicted molar refractivity (Wildman–Crippen MR) is 94.7 cm³/mol. The van der Waals surface area contributed by atoms with Crippen LogP contribution in [0.4, 0.5) is 5.69 Å². The molecule has 24 heavy (non-hydrogen) atoms. The lowest BCUT2D eigenvalue weighted by Gasteiger charge is -2.42. The molecule has 1 aromatic rings. The molecule has 0 radical (unpaired) electrons. The van der Waals surface area contributed by atoms with Crippen molar-refractivity contribution in [3.8, 4) is 0 Å². The highest BCUT2D eigenvalue weighted by Crippen LogP contribution is 2.26. The van der Waals surface area contributed by atoms with Crippen LogP contribution in [0, 0.1) is 5.92 Å². The first-order valence-corrected chi connectivity index (χ1v) is 8.91.